The molecule has 0 atom stereocenters. The highest BCUT2D eigenvalue weighted by atomic mass is 127. The van der Waals surface area contributed by atoms with Crippen LogP contribution >= 0.6 is 22.6 Å². The van der Waals surface area contributed by atoms with Gasteiger partial charge in [-0.3, -0.25) is 4.79 Å². The minimum Gasteiger partial charge on any atom is -0.358 e. The quantitative estimate of drug-likeness (QED) is 0.385. The van der Waals surface area contributed by atoms with Crippen LogP contribution in [-0.2, 0) is 0 Å². The molecule has 4 heteroatoms. The zero-order valence-electron chi connectivity index (χ0n) is 5.02. The van der Waals surface area contributed by atoms with Crippen LogP contribution in [0.2, 0.25) is 0 Å². The van der Waals surface area contributed by atoms with Gasteiger partial charge < -0.3 is 4.90 Å². The predicted molar refractivity (Wildman–Crippen MR) is 43.7 cm³/mol. The Morgan fingerprint density at radius 2 is 2.25 bits per heavy atom. The molecule has 0 bridgehead atoms. The van der Waals surface area contributed by atoms with Crippen LogP contribution in [0.15, 0.2) is 0 Å². The second-order valence-electron chi connectivity index (χ2n) is 1.59. The number of nitrogens with zero attached hydrogens (tertiary/aromatic N) is 1. The van der Waals surface area contributed by atoms with Crippen LogP contribution in [0.25, 0.3) is 0 Å². The molecule has 0 heterocycles. The summed E-state index contributed by atoms with van der Waals surface area (Å²) in [7, 11) is 5.12. The molecule has 8 heavy (non-hydrogen) atoms. The van der Waals surface area contributed by atoms with Crippen molar-refractivity contribution in [2.45, 2.75) is 0 Å². The first-order valence-electron chi connectivity index (χ1n) is 2.29. The molecular formula is C4H8BINO. The molecule has 1 amide bonds. The van der Waals surface area contributed by atoms with Crippen molar-refractivity contribution >= 4 is 35.7 Å². The summed E-state index contributed by atoms with van der Waals surface area (Å²) in [5.41, 5.74) is 0. The number of rotatable bonds is 2. The molecule has 45 valence electrons. The summed E-state index contributed by atoms with van der Waals surface area (Å²) >= 11 is 2.13. The third kappa shape index (κ3) is 3.29. The summed E-state index contributed by atoms with van der Waals surface area (Å²) in [6.45, 7) is 0. The second kappa shape index (κ2) is 4.17. The molecule has 0 saturated carbocycles. The van der Waals surface area contributed by atoms with Gasteiger partial charge in [0.25, 0.3) is 0 Å². The number of halogens is 1. The molecule has 0 aromatic carbocycles. The standard InChI is InChI=1S/C4H8BINO/c1-7(2)4(8)5-3-6/h3H2,1-2H3. The smallest absolute Gasteiger partial charge is 0.244 e. The molecule has 0 saturated heterocycles. The minimum absolute atomic E-state index is 0.0828. The molecule has 0 aromatic rings. The van der Waals surface area contributed by atoms with Crippen molar-refractivity contribution in [3.8, 4) is 0 Å². The monoisotopic (exact) mass is 224 g/mol. The first-order chi connectivity index (χ1) is 3.68. The van der Waals surface area contributed by atoms with Gasteiger partial charge in [0.15, 0.2) is 5.81 Å². The number of hydrogen-bond acceptors (Lipinski definition) is 1. The zero-order chi connectivity index (χ0) is 6.57. The highest BCUT2D eigenvalue weighted by molar-refractivity contribution is 14.1. The molecule has 2 nitrogen and oxygen atoms in total. The van der Waals surface area contributed by atoms with Crippen molar-refractivity contribution < 1.29 is 4.79 Å². The van der Waals surface area contributed by atoms with Gasteiger partial charge in [-0.25, -0.2) is 0 Å². The Hall–Kier alpha value is 0.265. The van der Waals surface area contributed by atoms with Crippen molar-refractivity contribution in [3.05, 3.63) is 0 Å². The van der Waals surface area contributed by atoms with E-state index in [-0.39, 0.29) is 5.81 Å². The van der Waals surface area contributed by atoms with Crippen molar-refractivity contribution in [2.24, 2.45) is 0 Å². The maximum absolute atomic E-state index is 10.6. The van der Waals surface area contributed by atoms with Crippen LogP contribution in [0.5, 0.6) is 0 Å². The average Bonchev–Trinajstić information content (AvgIpc) is 1.67. The van der Waals surface area contributed by atoms with Crippen LogP contribution in [0, 0.1) is 0 Å². The van der Waals surface area contributed by atoms with Crippen LogP contribution in [0.4, 0.5) is 4.79 Å². The van der Waals surface area contributed by atoms with E-state index in [1.165, 1.54) is 0 Å². The molecule has 0 aliphatic rings. The molecule has 0 aliphatic carbocycles. The topological polar surface area (TPSA) is 20.3 Å². The number of alkyl halides is 1. The predicted octanol–water partition coefficient (Wildman–Crippen LogP) is 0.765. The van der Waals surface area contributed by atoms with Gasteiger partial charge in [0, 0.05) is 14.1 Å². The molecule has 0 unspecified atom stereocenters. The molecule has 0 spiro atoms. The van der Waals surface area contributed by atoms with Gasteiger partial charge >= 0.3 is 0 Å². The van der Waals surface area contributed by atoms with Crippen LogP contribution in [-0.4, -0.2) is 36.4 Å². The first-order valence-corrected chi connectivity index (χ1v) is 3.81. The molecular weight excluding hydrogens is 216 g/mol. The number of carbonyl (C=O) groups excluding carboxylic acids is 1. The fraction of sp³-hybridized carbons (Fsp3) is 0.750. The maximum atomic E-state index is 10.6. The lowest BCUT2D eigenvalue weighted by Crippen LogP contribution is -2.26. The van der Waals surface area contributed by atoms with E-state index in [2.05, 4.69) is 22.6 Å². The normalized spacial score (nSPS) is 8.38. The third-order valence-corrected chi connectivity index (χ3v) is 1.13. The second-order valence-corrected chi connectivity index (χ2v) is 2.47. The first kappa shape index (κ1) is 8.26. The van der Waals surface area contributed by atoms with Gasteiger partial charge in [-0.2, -0.15) is 0 Å². The Morgan fingerprint density at radius 3 is 2.38 bits per heavy atom. The minimum atomic E-state index is 0.0828. The summed E-state index contributed by atoms with van der Waals surface area (Å²) in [6, 6.07) is 0. The number of carbonyl (C=O) groups is 1. The molecule has 0 rings (SSSR count). The van der Waals surface area contributed by atoms with Crippen molar-refractivity contribution in [2.75, 3.05) is 18.4 Å². The lowest BCUT2D eigenvalue weighted by Gasteiger charge is -2.06. The number of hydrogen-bond donors (Lipinski definition) is 0. The Morgan fingerprint density at radius 1 is 1.75 bits per heavy atom. The highest BCUT2D eigenvalue weighted by Gasteiger charge is 2.01. The highest BCUT2D eigenvalue weighted by Crippen LogP contribution is 1.83. The third-order valence-electron chi connectivity index (χ3n) is 0.693. The van der Waals surface area contributed by atoms with E-state index in [1.54, 1.807) is 26.3 Å². The van der Waals surface area contributed by atoms with E-state index in [0.717, 1.165) is 4.33 Å². The van der Waals surface area contributed by atoms with E-state index in [4.69, 9.17) is 0 Å². The summed E-state index contributed by atoms with van der Waals surface area (Å²) in [4.78, 5) is 12.2. The summed E-state index contributed by atoms with van der Waals surface area (Å²) < 4.78 is 0.786. The molecule has 0 aromatic heterocycles. The summed E-state index contributed by atoms with van der Waals surface area (Å²) in [5, 5.41) is 0. The fourth-order valence-electron chi connectivity index (χ4n) is 0.249. The maximum Gasteiger partial charge on any atom is 0.244 e. The lowest BCUT2D eigenvalue weighted by atomic mass is 9.81. The van der Waals surface area contributed by atoms with E-state index >= 15 is 0 Å². The van der Waals surface area contributed by atoms with Crippen molar-refractivity contribution in [3.63, 3.8) is 0 Å². The molecule has 0 fully saturated rings. The Balaban J connectivity index is 3.33. The van der Waals surface area contributed by atoms with Gasteiger partial charge in [0.2, 0.25) is 7.28 Å². The van der Waals surface area contributed by atoms with E-state index in [9.17, 15) is 4.79 Å². The Kier molecular flexibility index (Phi) is 4.31. The molecule has 0 aliphatic heterocycles. The SMILES string of the molecule is CN(C)C(=O)[B]CI. The van der Waals surface area contributed by atoms with Gasteiger partial charge in [0.1, 0.15) is 0 Å². The van der Waals surface area contributed by atoms with Crippen LogP contribution < -0.4 is 0 Å². The fourth-order valence-corrected chi connectivity index (χ4v) is 0.625. The van der Waals surface area contributed by atoms with Crippen LogP contribution in [0.3, 0.4) is 0 Å². The summed E-state index contributed by atoms with van der Waals surface area (Å²) in [5.74, 6) is 0.0828. The lowest BCUT2D eigenvalue weighted by molar-refractivity contribution is 0.239. The Bertz CT molecular complexity index is 86.1. The van der Waals surface area contributed by atoms with Gasteiger partial charge in [0.05, 0.1) is 0 Å². The zero-order valence-corrected chi connectivity index (χ0v) is 7.18. The molecule has 0 N–H and O–H groups in total. The van der Waals surface area contributed by atoms with Crippen molar-refractivity contribution in [1.82, 2.24) is 4.90 Å². The molecule has 1 radical (unpaired) electrons. The van der Waals surface area contributed by atoms with Gasteiger partial charge in [-0.15, -0.1) is 0 Å². The van der Waals surface area contributed by atoms with E-state index < -0.39 is 0 Å². The van der Waals surface area contributed by atoms with Gasteiger partial charge in [-0.05, 0) is 4.33 Å². The van der Waals surface area contributed by atoms with Crippen molar-refractivity contribution in [1.29, 1.82) is 0 Å². The summed E-state index contributed by atoms with van der Waals surface area (Å²) in [6.07, 6.45) is 0. The average molecular weight is 224 g/mol. The number of amides is 1. The van der Waals surface area contributed by atoms with Crippen LogP contribution in [0.1, 0.15) is 0 Å². The largest absolute Gasteiger partial charge is 0.358 e. The van der Waals surface area contributed by atoms with E-state index in [1.807, 2.05) is 0 Å². The van der Waals surface area contributed by atoms with E-state index in [0.29, 0.717) is 0 Å². The van der Waals surface area contributed by atoms with Gasteiger partial charge in [-0.1, -0.05) is 22.6 Å². The Labute approximate surface area is 64.0 Å².